The van der Waals surface area contributed by atoms with E-state index in [1.165, 1.54) is 23.4 Å². The number of rotatable bonds is 6. The minimum Gasteiger partial charge on any atom is -0.481 e. The van der Waals surface area contributed by atoms with Crippen molar-refractivity contribution in [3.05, 3.63) is 52.8 Å². The van der Waals surface area contributed by atoms with Crippen LogP contribution in [0.3, 0.4) is 0 Å². The number of carbonyl (C=O) groups excluding carboxylic acids is 1. The number of anilines is 1. The molecule has 1 aliphatic carbocycles. The van der Waals surface area contributed by atoms with E-state index in [1.54, 1.807) is 42.2 Å². The molecule has 0 saturated carbocycles. The Balaban J connectivity index is 1.78. The molecular weight excluding hydrogens is 351 g/mol. The van der Waals surface area contributed by atoms with Crippen LogP contribution in [0.15, 0.2) is 30.9 Å². The van der Waals surface area contributed by atoms with Gasteiger partial charge in [-0.15, -0.1) is 17.9 Å². The van der Waals surface area contributed by atoms with E-state index in [4.69, 9.17) is 4.74 Å². The van der Waals surface area contributed by atoms with E-state index in [-0.39, 0.29) is 11.7 Å². The molecule has 1 atom stereocenters. The predicted octanol–water partition coefficient (Wildman–Crippen LogP) is 4.46. The molecule has 0 fully saturated rings. The molecule has 1 unspecified atom stereocenters. The highest BCUT2D eigenvalue weighted by atomic mass is 32.1. The fourth-order valence-corrected chi connectivity index (χ4v) is 4.17. The maximum Gasteiger partial charge on any atom is 0.269 e. The first-order valence-electron chi connectivity index (χ1n) is 8.83. The zero-order valence-electron chi connectivity index (χ0n) is 15.1. The minimum atomic E-state index is -0.708. The number of nitrogens with zero attached hydrogens (tertiary/aromatic N) is 2. The van der Waals surface area contributed by atoms with E-state index in [0.717, 1.165) is 25.0 Å². The Morgan fingerprint density at radius 3 is 2.92 bits per heavy atom. The Hall–Kier alpha value is -2.21. The fraction of sp³-hybridized carbons (Fsp3) is 0.400. The van der Waals surface area contributed by atoms with E-state index >= 15 is 0 Å². The summed E-state index contributed by atoms with van der Waals surface area (Å²) < 4.78 is 19.2. The summed E-state index contributed by atoms with van der Waals surface area (Å²) in [7, 11) is 0. The fourth-order valence-electron chi connectivity index (χ4n) is 3.01. The molecule has 1 aromatic carbocycles. The highest BCUT2D eigenvalue weighted by Gasteiger charge is 2.27. The number of halogens is 1. The smallest absolute Gasteiger partial charge is 0.269 e. The van der Waals surface area contributed by atoms with Crippen LogP contribution < -0.4 is 9.64 Å². The summed E-state index contributed by atoms with van der Waals surface area (Å²) in [6.07, 6.45) is 5.31. The number of aryl methyl sites for hydroxylation is 3. The molecule has 0 spiro atoms. The molecule has 1 aromatic heterocycles. The van der Waals surface area contributed by atoms with Crippen LogP contribution in [0.5, 0.6) is 5.75 Å². The van der Waals surface area contributed by atoms with Crippen molar-refractivity contribution >= 4 is 22.4 Å². The Labute approximate surface area is 157 Å². The maximum atomic E-state index is 13.4. The molecule has 0 saturated heterocycles. The lowest BCUT2D eigenvalue weighted by Crippen LogP contribution is -2.40. The topological polar surface area (TPSA) is 42.4 Å². The molecule has 1 aliphatic rings. The third-order valence-corrected chi connectivity index (χ3v) is 5.61. The van der Waals surface area contributed by atoms with Crippen molar-refractivity contribution in [3.8, 4) is 5.75 Å². The Morgan fingerprint density at radius 1 is 1.46 bits per heavy atom. The van der Waals surface area contributed by atoms with Gasteiger partial charge in [-0.1, -0.05) is 6.08 Å². The highest BCUT2D eigenvalue weighted by Crippen LogP contribution is 2.32. The van der Waals surface area contributed by atoms with Gasteiger partial charge in [-0.3, -0.25) is 9.69 Å². The highest BCUT2D eigenvalue weighted by molar-refractivity contribution is 7.16. The number of amides is 1. The standard InChI is InChI=1S/C20H23FN2O2S/c1-4-11-23(20-22-17-7-5-6-8-18(17)26-20)19(24)14(3)25-15-9-10-16(21)13(2)12-15/h4,9-10,12,14H,1,5-8,11H2,2-3H3. The number of fused-ring (bicyclic) bond motifs is 1. The van der Waals surface area contributed by atoms with Gasteiger partial charge in [-0.05, 0) is 63.3 Å². The molecule has 0 N–H and O–H groups in total. The Kier molecular flexibility index (Phi) is 5.71. The lowest BCUT2D eigenvalue weighted by molar-refractivity contribution is -0.124. The summed E-state index contributed by atoms with van der Waals surface area (Å²) in [4.78, 5) is 20.5. The first-order chi connectivity index (χ1) is 12.5. The first kappa shape index (κ1) is 18.6. The number of ether oxygens (including phenoxy) is 1. The quantitative estimate of drug-likeness (QED) is 0.701. The van der Waals surface area contributed by atoms with Gasteiger partial charge in [-0.2, -0.15) is 0 Å². The SMILES string of the molecule is C=CCN(C(=O)C(C)Oc1ccc(F)c(C)c1)c1nc2c(s1)CCCC2. The largest absolute Gasteiger partial charge is 0.481 e. The summed E-state index contributed by atoms with van der Waals surface area (Å²) in [5, 5.41) is 0.701. The molecule has 0 aliphatic heterocycles. The molecule has 3 rings (SSSR count). The van der Waals surface area contributed by atoms with Gasteiger partial charge < -0.3 is 4.74 Å². The molecule has 138 valence electrons. The summed E-state index contributed by atoms with van der Waals surface area (Å²) in [5.74, 6) is -0.00214. The van der Waals surface area contributed by atoms with Gasteiger partial charge in [0.05, 0.1) is 5.69 Å². The van der Waals surface area contributed by atoms with Crippen molar-refractivity contribution in [3.63, 3.8) is 0 Å². The predicted molar refractivity (Wildman–Crippen MR) is 103 cm³/mol. The molecule has 1 heterocycles. The zero-order valence-corrected chi connectivity index (χ0v) is 15.9. The minimum absolute atomic E-state index is 0.182. The summed E-state index contributed by atoms with van der Waals surface area (Å²) in [5.41, 5.74) is 1.60. The van der Waals surface area contributed by atoms with Crippen LogP contribution in [-0.4, -0.2) is 23.5 Å². The van der Waals surface area contributed by atoms with Crippen molar-refractivity contribution in [1.82, 2.24) is 4.98 Å². The van der Waals surface area contributed by atoms with E-state index in [1.807, 2.05) is 0 Å². The second kappa shape index (κ2) is 7.99. The van der Waals surface area contributed by atoms with Crippen LogP contribution in [0.25, 0.3) is 0 Å². The van der Waals surface area contributed by atoms with Crippen LogP contribution in [0.1, 0.15) is 35.9 Å². The van der Waals surface area contributed by atoms with Gasteiger partial charge in [0.25, 0.3) is 5.91 Å². The average Bonchev–Trinajstić information content (AvgIpc) is 3.06. The third kappa shape index (κ3) is 3.96. The molecule has 4 nitrogen and oxygen atoms in total. The summed E-state index contributed by atoms with van der Waals surface area (Å²) in [6.45, 7) is 7.50. The van der Waals surface area contributed by atoms with Crippen molar-refractivity contribution in [1.29, 1.82) is 0 Å². The van der Waals surface area contributed by atoms with E-state index < -0.39 is 6.10 Å². The lowest BCUT2D eigenvalue weighted by Gasteiger charge is -2.23. The lowest BCUT2D eigenvalue weighted by atomic mass is 10.0. The molecule has 0 bridgehead atoms. The van der Waals surface area contributed by atoms with Crippen molar-refractivity contribution in [2.45, 2.75) is 45.6 Å². The van der Waals surface area contributed by atoms with Gasteiger partial charge in [-0.25, -0.2) is 9.37 Å². The zero-order chi connectivity index (χ0) is 18.7. The number of hydrogen-bond acceptors (Lipinski definition) is 4. The Bertz CT molecular complexity index is 795. The molecule has 1 amide bonds. The number of thiazole rings is 1. The first-order valence-corrected chi connectivity index (χ1v) is 9.65. The van der Waals surface area contributed by atoms with Crippen molar-refractivity contribution in [2.75, 3.05) is 11.4 Å². The molecule has 2 aromatic rings. The van der Waals surface area contributed by atoms with E-state index in [9.17, 15) is 9.18 Å². The van der Waals surface area contributed by atoms with Crippen LogP contribution in [0.4, 0.5) is 9.52 Å². The van der Waals surface area contributed by atoms with E-state index in [0.29, 0.717) is 23.0 Å². The number of carbonyl (C=O) groups is 1. The van der Waals surface area contributed by atoms with Crippen LogP contribution in [-0.2, 0) is 17.6 Å². The van der Waals surface area contributed by atoms with Crippen LogP contribution in [0.2, 0.25) is 0 Å². The molecule has 26 heavy (non-hydrogen) atoms. The van der Waals surface area contributed by atoms with Gasteiger partial charge in [0, 0.05) is 11.4 Å². The maximum absolute atomic E-state index is 13.4. The van der Waals surface area contributed by atoms with Crippen LogP contribution in [0, 0.1) is 12.7 Å². The average molecular weight is 374 g/mol. The Morgan fingerprint density at radius 2 is 2.23 bits per heavy atom. The van der Waals surface area contributed by atoms with Crippen molar-refractivity contribution < 1.29 is 13.9 Å². The number of hydrogen-bond donors (Lipinski definition) is 0. The molecular formula is C20H23FN2O2S. The summed E-state index contributed by atoms with van der Waals surface area (Å²) in [6, 6.07) is 4.48. The summed E-state index contributed by atoms with van der Waals surface area (Å²) >= 11 is 1.58. The van der Waals surface area contributed by atoms with Gasteiger partial charge in [0.1, 0.15) is 11.6 Å². The van der Waals surface area contributed by atoms with Crippen LogP contribution >= 0.6 is 11.3 Å². The monoisotopic (exact) mass is 374 g/mol. The molecule has 0 radical (unpaired) electrons. The number of benzene rings is 1. The van der Waals surface area contributed by atoms with E-state index in [2.05, 4.69) is 11.6 Å². The van der Waals surface area contributed by atoms with Gasteiger partial charge in [0.2, 0.25) is 0 Å². The normalized spacial score (nSPS) is 14.4. The second-order valence-electron chi connectivity index (χ2n) is 6.48. The second-order valence-corrected chi connectivity index (χ2v) is 7.54. The van der Waals surface area contributed by atoms with Gasteiger partial charge in [0.15, 0.2) is 11.2 Å². The van der Waals surface area contributed by atoms with Crippen molar-refractivity contribution in [2.24, 2.45) is 0 Å². The third-order valence-electron chi connectivity index (χ3n) is 4.43. The van der Waals surface area contributed by atoms with Gasteiger partial charge >= 0.3 is 0 Å². The molecule has 6 heteroatoms. The number of aromatic nitrogens is 1.